The Morgan fingerprint density at radius 3 is 2.56 bits per heavy atom. The molecule has 0 saturated heterocycles. The van der Waals surface area contributed by atoms with E-state index in [0.29, 0.717) is 18.2 Å². The van der Waals surface area contributed by atoms with Crippen LogP contribution in [0.3, 0.4) is 0 Å². The van der Waals surface area contributed by atoms with Crippen LogP contribution in [-0.4, -0.2) is 23.0 Å². The van der Waals surface area contributed by atoms with Gasteiger partial charge in [0.15, 0.2) is 0 Å². The molecule has 168 valence electrons. The molecule has 2 aromatic heterocycles. The van der Waals surface area contributed by atoms with Gasteiger partial charge in [-0.05, 0) is 60.2 Å². The SMILES string of the molecule is COC(=O)c1ccc(-c2ccc3ncnc(Nc4ccc(OCc5ccccc5)cc4)c3c2)o1. The van der Waals surface area contributed by atoms with Crippen LogP contribution in [0.5, 0.6) is 5.75 Å². The molecular formula is C27H21N3O4. The van der Waals surface area contributed by atoms with Gasteiger partial charge in [-0.2, -0.15) is 0 Å². The number of rotatable bonds is 7. The van der Waals surface area contributed by atoms with E-state index in [2.05, 4.69) is 15.3 Å². The van der Waals surface area contributed by atoms with Gasteiger partial charge in [0, 0.05) is 16.6 Å². The lowest BCUT2D eigenvalue weighted by atomic mass is 10.1. The third kappa shape index (κ3) is 4.59. The van der Waals surface area contributed by atoms with Crippen molar-refractivity contribution in [2.45, 2.75) is 6.61 Å². The Morgan fingerprint density at radius 1 is 0.941 bits per heavy atom. The number of ether oxygens (including phenoxy) is 2. The first-order chi connectivity index (χ1) is 16.7. The highest BCUT2D eigenvalue weighted by atomic mass is 16.5. The van der Waals surface area contributed by atoms with Gasteiger partial charge in [-0.25, -0.2) is 14.8 Å². The molecule has 0 bridgehead atoms. The Labute approximate surface area is 196 Å². The summed E-state index contributed by atoms with van der Waals surface area (Å²) in [5.74, 6) is 1.62. The summed E-state index contributed by atoms with van der Waals surface area (Å²) in [5, 5.41) is 4.17. The summed E-state index contributed by atoms with van der Waals surface area (Å²) in [6.45, 7) is 0.511. The van der Waals surface area contributed by atoms with Crippen molar-refractivity contribution in [3.63, 3.8) is 0 Å². The number of anilines is 2. The van der Waals surface area contributed by atoms with E-state index in [4.69, 9.17) is 13.9 Å². The van der Waals surface area contributed by atoms with Crippen molar-refractivity contribution in [2.24, 2.45) is 0 Å². The van der Waals surface area contributed by atoms with Gasteiger partial charge in [-0.3, -0.25) is 0 Å². The van der Waals surface area contributed by atoms with Crippen LogP contribution in [0, 0.1) is 0 Å². The number of hydrogen-bond donors (Lipinski definition) is 1. The second-order valence-electron chi connectivity index (χ2n) is 7.53. The van der Waals surface area contributed by atoms with Crippen LogP contribution in [0.25, 0.3) is 22.2 Å². The Morgan fingerprint density at radius 2 is 1.76 bits per heavy atom. The topological polar surface area (TPSA) is 86.5 Å². The van der Waals surface area contributed by atoms with Crippen LogP contribution in [0.2, 0.25) is 0 Å². The monoisotopic (exact) mass is 451 g/mol. The number of carbonyl (C=O) groups is 1. The first kappa shape index (κ1) is 21.2. The van der Waals surface area contributed by atoms with E-state index >= 15 is 0 Å². The van der Waals surface area contributed by atoms with Gasteiger partial charge in [0.25, 0.3) is 0 Å². The summed E-state index contributed by atoms with van der Waals surface area (Å²) in [4.78, 5) is 20.5. The van der Waals surface area contributed by atoms with Gasteiger partial charge in [0.05, 0.1) is 12.6 Å². The van der Waals surface area contributed by atoms with Gasteiger partial charge in [0.2, 0.25) is 5.76 Å². The average molecular weight is 451 g/mol. The summed E-state index contributed by atoms with van der Waals surface area (Å²) in [5.41, 5.74) is 3.56. The van der Waals surface area contributed by atoms with Gasteiger partial charge >= 0.3 is 5.97 Å². The van der Waals surface area contributed by atoms with Crippen molar-refractivity contribution >= 4 is 28.4 Å². The maximum Gasteiger partial charge on any atom is 0.373 e. The third-order valence-electron chi connectivity index (χ3n) is 5.28. The minimum Gasteiger partial charge on any atom is -0.489 e. The number of carbonyl (C=O) groups excluding carboxylic acids is 1. The molecule has 7 nitrogen and oxygen atoms in total. The molecule has 3 aromatic carbocycles. The van der Waals surface area contributed by atoms with Crippen LogP contribution in [0.15, 0.2) is 95.7 Å². The van der Waals surface area contributed by atoms with E-state index in [0.717, 1.165) is 33.5 Å². The smallest absolute Gasteiger partial charge is 0.373 e. The molecule has 34 heavy (non-hydrogen) atoms. The lowest BCUT2D eigenvalue weighted by molar-refractivity contribution is 0.0566. The Kier molecular flexibility index (Phi) is 5.90. The lowest BCUT2D eigenvalue weighted by Gasteiger charge is -2.11. The summed E-state index contributed by atoms with van der Waals surface area (Å²) in [6, 6.07) is 26.8. The van der Waals surface area contributed by atoms with Crippen molar-refractivity contribution in [3.8, 4) is 17.1 Å². The normalized spacial score (nSPS) is 10.7. The molecule has 7 heteroatoms. The lowest BCUT2D eigenvalue weighted by Crippen LogP contribution is -1.98. The molecular weight excluding hydrogens is 430 g/mol. The molecule has 0 amide bonds. The predicted molar refractivity (Wildman–Crippen MR) is 129 cm³/mol. The zero-order valence-corrected chi connectivity index (χ0v) is 18.4. The Hall–Kier alpha value is -4.65. The second-order valence-corrected chi connectivity index (χ2v) is 7.53. The first-order valence-corrected chi connectivity index (χ1v) is 10.7. The number of hydrogen-bond acceptors (Lipinski definition) is 7. The van der Waals surface area contributed by atoms with E-state index in [9.17, 15) is 4.79 Å². The van der Waals surface area contributed by atoms with Crippen LogP contribution in [0.1, 0.15) is 16.1 Å². The van der Waals surface area contributed by atoms with Crippen LogP contribution in [-0.2, 0) is 11.3 Å². The van der Waals surface area contributed by atoms with Crippen LogP contribution < -0.4 is 10.1 Å². The van der Waals surface area contributed by atoms with Gasteiger partial charge in [-0.15, -0.1) is 0 Å². The van der Waals surface area contributed by atoms with Crippen molar-refractivity contribution in [3.05, 3.63) is 103 Å². The van der Waals surface area contributed by atoms with E-state index in [1.165, 1.54) is 13.4 Å². The largest absolute Gasteiger partial charge is 0.489 e. The standard InChI is InChI=1S/C27H21N3O4/c1-32-27(31)25-14-13-24(34-25)19-7-12-23-22(15-19)26(29-17-28-23)30-20-8-10-21(11-9-20)33-16-18-5-3-2-4-6-18/h2-15,17H,16H2,1H3,(H,28,29,30). The number of benzene rings is 3. The fourth-order valence-electron chi connectivity index (χ4n) is 3.52. The number of fused-ring (bicyclic) bond motifs is 1. The van der Waals surface area contributed by atoms with E-state index in [1.54, 1.807) is 12.1 Å². The third-order valence-corrected chi connectivity index (χ3v) is 5.28. The van der Waals surface area contributed by atoms with Crippen molar-refractivity contribution in [1.82, 2.24) is 9.97 Å². The maximum atomic E-state index is 11.7. The first-order valence-electron chi connectivity index (χ1n) is 10.7. The number of methoxy groups -OCH3 is 1. The average Bonchev–Trinajstić information content (AvgIpc) is 3.39. The zero-order valence-electron chi connectivity index (χ0n) is 18.4. The fraction of sp³-hybridized carbons (Fsp3) is 0.0741. The molecule has 0 radical (unpaired) electrons. The van der Waals surface area contributed by atoms with Gasteiger partial charge < -0.3 is 19.2 Å². The summed E-state index contributed by atoms with van der Waals surface area (Å²) in [6.07, 6.45) is 1.52. The number of nitrogens with zero attached hydrogens (tertiary/aromatic N) is 2. The van der Waals surface area contributed by atoms with E-state index in [-0.39, 0.29) is 5.76 Å². The molecule has 0 spiro atoms. The second kappa shape index (κ2) is 9.46. The molecule has 0 fully saturated rings. The fourth-order valence-corrected chi connectivity index (χ4v) is 3.52. The molecule has 0 atom stereocenters. The van der Waals surface area contributed by atoms with Crippen molar-refractivity contribution in [2.75, 3.05) is 12.4 Å². The van der Waals surface area contributed by atoms with Crippen molar-refractivity contribution in [1.29, 1.82) is 0 Å². The molecule has 2 heterocycles. The summed E-state index contributed by atoms with van der Waals surface area (Å²) in [7, 11) is 1.32. The number of aromatic nitrogens is 2. The minimum atomic E-state index is -0.520. The molecule has 0 aliphatic heterocycles. The van der Waals surface area contributed by atoms with Gasteiger partial charge in [0.1, 0.15) is 30.3 Å². The molecule has 5 aromatic rings. The van der Waals surface area contributed by atoms with Crippen molar-refractivity contribution < 1.29 is 18.7 Å². The molecule has 5 rings (SSSR count). The highest BCUT2D eigenvalue weighted by Gasteiger charge is 2.14. The minimum absolute atomic E-state index is 0.148. The predicted octanol–water partition coefficient (Wildman–Crippen LogP) is 6.00. The van der Waals surface area contributed by atoms with Crippen LogP contribution in [0.4, 0.5) is 11.5 Å². The highest BCUT2D eigenvalue weighted by molar-refractivity contribution is 5.94. The number of furan rings is 1. The summed E-state index contributed by atoms with van der Waals surface area (Å²) >= 11 is 0. The van der Waals surface area contributed by atoms with E-state index < -0.39 is 5.97 Å². The molecule has 0 aliphatic rings. The molecule has 0 unspecified atom stereocenters. The molecule has 0 aliphatic carbocycles. The quantitative estimate of drug-likeness (QED) is 0.304. The van der Waals surface area contributed by atoms with E-state index in [1.807, 2.05) is 72.8 Å². The molecule has 0 saturated carbocycles. The maximum absolute atomic E-state index is 11.7. The Bertz CT molecular complexity index is 1430. The van der Waals surface area contributed by atoms with Crippen LogP contribution >= 0.6 is 0 Å². The Balaban J connectivity index is 1.35. The number of nitrogens with one attached hydrogen (secondary N) is 1. The summed E-state index contributed by atoms with van der Waals surface area (Å²) < 4.78 is 16.2. The zero-order chi connectivity index (χ0) is 23.3. The highest BCUT2D eigenvalue weighted by Crippen LogP contribution is 2.30. The van der Waals surface area contributed by atoms with Gasteiger partial charge in [-0.1, -0.05) is 30.3 Å². The number of esters is 1. The molecule has 1 N–H and O–H groups in total.